The highest BCUT2D eigenvalue weighted by Gasteiger charge is 2.50. The number of ether oxygens (including phenoxy) is 4. The fourth-order valence-corrected chi connectivity index (χ4v) is 5.89. The number of carbonyl (C=O) groups excluding carboxylic acids is 1. The molecule has 2 unspecified atom stereocenters. The van der Waals surface area contributed by atoms with Gasteiger partial charge < -0.3 is 29.2 Å². The summed E-state index contributed by atoms with van der Waals surface area (Å²) in [4.78, 5) is 23.0. The van der Waals surface area contributed by atoms with Gasteiger partial charge in [0.05, 0.1) is 31.0 Å². The van der Waals surface area contributed by atoms with E-state index in [9.17, 15) is 41.0 Å². The zero-order valence-electron chi connectivity index (χ0n) is 27.1. The van der Waals surface area contributed by atoms with Crippen molar-refractivity contribution in [1.29, 1.82) is 0 Å². The van der Waals surface area contributed by atoms with Gasteiger partial charge in [-0.15, -0.1) is 0 Å². The number of methoxy groups -OCH3 is 1. The smallest absolute Gasteiger partial charge is 0.430 e. The molecule has 2 heterocycles. The SMILES string of the molecule is CC(C)(CO)c1cc2c(cc1Cl)C=C(C(=O)O)C(C(F)(F)F)O2.CCOC(=O)C1=Cc2cc(Cl)c(C(C)(C)COC)cc2OC1C(F)(F)F. The van der Waals surface area contributed by atoms with Crippen molar-refractivity contribution in [1.82, 2.24) is 0 Å². The van der Waals surface area contributed by atoms with Gasteiger partial charge in [-0.2, -0.15) is 26.3 Å². The quantitative estimate of drug-likeness (QED) is 0.207. The lowest BCUT2D eigenvalue weighted by atomic mass is 9.84. The van der Waals surface area contributed by atoms with Crippen LogP contribution in [0.15, 0.2) is 35.4 Å². The van der Waals surface area contributed by atoms with E-state index < -0.39 is 58.5 Å². The molecule has 2 aromatic rings. The average Bonchev–Trinajstić information content (AvgIpc) is 2.98. The number of rotatable bonds is 8. The van der Waals surface area contributed by atoms with Crippen molar-refractivity contribution in [2.24, 2.45) is 0 Å². The average molecular weight is 744 g/mol. The number of aliphatic hydroxyl groups is 1. The number of carboxylic acids is 1. The van der Waals surface area contributed by atoms with Crippen LogP contribution in [0.25, 0.3) is 12.2 Å². The monoisotopic (exact) mass is 742 g/mol. The molecule has 0 aliphatic carbocycles. The van der Waals surface area contributed by atoms with Crippen LogP contribution in [0.4, 0.5) is 26.3 Å². The molecule has 2 N–H and O–H groups in total. The van der Waals surface area contributed by atoms with E-state index in [1.54, 1.807) is 13.8 Å². The third-order valence-electron chi connectivity index (χ3n) is 7.59. The first-order chi connectivity index (χ1) is 22.5. The molecule has 0 bridgehead atoms. The second-order valence-electron chi connectivity index (χ2n) is 12.4. The molecule has 4 rings (SSSR count). The molecule has 0 radical (unpaired) electrons. The predicted octanol–water partition coefficient (Wildman–Crippen LogP) is 7.94. The van der Waals surface area contributed by atoms with Crippen LogP contribution in [0.1, 0.15) is 56.9 Å². The van der Waals surface area contributed by atoms with Gasteiger partial charge in [-0.05, 0) is 54.5 Å². The molecule has 0 fully saturated rings. The van der Waals surface area contributed by atoms with E-state index >= 15 is 0 Å². The molecule has 0 saturated heterocycles. The molecule has 0 spiro atoms. The third-order valence-corrected chi connectivity index (χ3v) is 8.21. The van der Waals surface area contributed by atoms with Gasteiger partial charge in [0, 0.05) is 39.1 Å². The zero-order chi connectivity index (χ0) is 37.3. The maximum atomic E-state index is 13.4. The van der Waals surface area contributed by atoms with Gasteiger partial charge in [0.2, 0.25) is 12.2 Å². The van der Waals surface area contributed by atoms with Crippen LogP contribution in [-0.4, -0.2) is 73.6 Å². The predicted molar refractivity (Wildman–Crippen MR) is 169 cm³/mol. The second kappa shape index (κ2) is 14.8. The van der Waals surface area contributed by atoms with Crippen molar-refractivity contribution >= 4 is 47.3 Å². The third kappa shape index (κ3) is 9.02. The van der Waals surface area contributed by atoms with Crippen LogP contribution in [-0.2, 0) is 29.9 Å². The van der Waals surface area contributed by atoms with Crippen molar-refractivity contribution in [3.63, 3.8) is 0 Å². The molecular formula is C33H34Cl2F6O8. The van der Waals surface area contributed by atoms with E-state index in [-0.39, 0.29) is 40.9 Å². The number of halogens is 8. The van der Waals surface area contributed by atoms with E-state index in [0.717, 1.165) is 12.2 Å². The van der Waals surface area contributed by atoms with Gasteiger partial charge in [0.15, 0.2) is 0 Å². The van der Waals surface area contributed by atoms with Crippen LogP contribution in [0.5, 0.6) is 11.5 Å². The number of carbonyl (C=O) groups is 2. The molecule has 2 aromatic carbocycles. The fourth-order valence-electron chi connectivity index (χ4n) is 5.04. The summed E-state index contributed by atoms with van der Waals surface area (Å²) in [5, 5.41) is 18.9. The first-order valence-electron chi connectivity index (χ1n) is 14.6. The molecule has 49 heavy (non-hydrogen) atoms. The number of fused-ring (bicyclic) bond motifs is 2. The highest BCUT2D eigenvalue weighted by Crippen LogP contribution is 2.44. The minimum atomic E-state index is -4.87. The van der Waals surface area contributed by atoms with E-state index in [4.69, 9.17) is 47.3 Å². The summed E-state index contributed by atoms with van der Waals surface area (Å²) >= 11 is 12.4. The standard InChI is InChI=1S/C18H20ClF3O4.C15H14ClF3O4/c1-5-25-16(23)11-6-10-7-13(19)12(17(2,3)9-24-4)8-14(10)26-15(11)18(20,21)22;1-14(2,6-20)9-5-11-7(4-10(9)16)3-8(13(21)22)12(23-11)15(17,18)19/h6-8,15H,5,9H2,1-4H3;3-5,12,20H,6H2,1-2H3,(H,21,22). The summed E-state index contributed by atoms with van der Waals surface area (Å²) < 4.78 is 99.2. The lowest BCUT2D eigenvalue weighted by Crippen LogP contribution is -2.41. The Morgan fingerprint density at radius 3 is 1.61 bits per heavy atom. The topological polar surface area (TPSA) is 112 Å². The largest absolute Gasteiger partial charge is 0.478 e. The number of benzene rings is 2. The summed E-state index contributed by atoms with van der Waals surface area (Å²) in [5.41, 5.74) is -1.41. The molecule has 8 nitrogen and oxygen atoms in total. The van der Waals surface area contributed by atoms with Gasteiger partial charge in [0.25, 0.3) is 0 Å². The molecule has 16 heteroatoms. The minimum absolute atomic E-state index is 0.00366. The van der Waals surface area contributed by atoms with Gasteiger partial charge in [0.1, 0.15) is 11.5 Å². The molecular weight excluding hydrogens is 709 g/mol. The maximum Gasteiger partial charge on any atom is 0.430 e. The molecule has 270 valence electrons. The van der Waals surface area contributed by atoms with Crippen LogP contribution in [0.3, 0.4) is 0 Å². The first-order valence-corrected chi connectivity index (χ1v) is 15.3. The Balaban J connectivity index is 0.000000267. The number of alkyl halides is 6. The number of carboxylic acid groups (broad SMARTS) is 1. The van der Waals surface area contributed by atoms with E-state index in [1.807, 2.05) is 13.8 Å². The number of aliphatic carboxylic acids is 1. The summed E-state index contributed by atoms with van der Waals surface area (Å²) in [6, 6.07) is 5.59. The lowest BCUT2D eigenvalue weighted by molar-refractivity contribution is -0.187. The Bertz CT molecular complexity index is 1650. The van der Waals surface area contributed by atoms with Gasteiger partial charge in [-0.25, -0.2) is 9.59 Å². The van der Waals surface area contributed by atoms with E-state index in [0.29, 0.717) is 22.8 Å². The Hall–Kier alpha value is -3.46. The molecule has 0 aromatic heterocycles. The molecule has 2 atom stereocenters. The molecule has 2 aliphatic rings. The Kier molecular flexibility index (Phi) is 12.1. The van der Waals surface area contributed by atoms with E-state index in [1.165, 1.54) is 38.3 Å². The zero-order valence-corrected chi connectivity index (χ0v) is 28.6. The van der Waals surface area contributed by atoms with Crippen molar-refractivity contribution in [2.45, 2.75) is 70.0 Å². The van der Waals surface area contributed by atoms with Crippen molar-refractivity contribution in [3.05, 3.63) is 67.7 Å². The summed E-state index contributed by atoms with van der Waals surface area (Å²) in [6.07, 6.45) is -12.6. The van der Waals surface area contributed by atoms with E-state index in [2.05, 4.69) is 0 Å². The van der Waals surface area contributed by atoms with Crippen molar-refractivity contribution < 1.29 is 65.1 Å². The van der Waals surface area contributed by atoms with Crippen LogP contribution in [0.2, 0.25) is 10.0 Å². The van der Waals surface area contributed by atoms with Crippen LogP contribution >= 0.6 is 23.2 Å². The minimum Gasteiger partial charge on any atom is -0.478 e. The van der Waals surface area contributed by atoms with Gasteiger partial charge in [-0.3, -0.25) is 0 Å². The van der Waals surface area contributed by atoms with Crippen LogP contribution in [0, 0.1) is 0 Å². The highest BCUT2D eigenvalue weighted by atomic mass is 35.5. The summed E-state index contributed by atoms with van der Waals surface area (Å²) in [6.45, 7) is 8.56. The second-order valence-corrected chi connectivity index (χ2v) is 13.2. The number of hydrogen-bond donors (Lipinski definition) is 2. The van der Waals surface area contributed by atoms with Gasteiger partial charge in [-0.1, -0.05) is 50.9 Å². The van der Waals surface area contributed by atoms with Gasteiger partial charge >= 0.3 is 24.3 Å². The number of aliphatic hydroxyl groups excluding tert-OH is 1. The molecule has 2 aliphatic heterocycles. The number of esters is 1. The maximum absolute atomic E-state index is 13.4. The normalized spacial score (nSPS) is 17.6. The van der Waals surface area contributed by atoms with Crippen LogP contribution < -0.4 is 9.47 Å². The lowest BCUT2D eigenvalue weighted by Gasteiger charge is -2.31. The Labute approximate surface area is 288 Å². The number of hydrogen-bond acceptors (Lipinski definition) is 7. The Morgan fingerprint density at radius 1 is 0.796 bits per heavy atom. The van der Waals surface area contributed by atoms with Crippen molar-refractivity contribution in [3.8, 4) is 11.5 Å². The van der Waals surface area contributed by atoms with Crippen molar-refractivity contribution in [2.75, 3.05) is 26.9 Å². The fraction of sp³-hybridized carbons (Fsp3) is 0.455. The molecule has 0 saturated carbocycles. The molecule has 0 amide bonds. The summed E-state index contributed by atoms with van der Waals surface area (Å²) in [5.74, 6) is -2.91. The highest BCUT2D eigenvalue weighted by molar-refractivity contribution is 6.32. The Morgan fingerprint density at radius 2 is 1.22 bits per heavy atom. The first kappa shape index (κ1) is 40.0. The summed E-state index contributed by atoms with van der Waals surface area (Å²) in [7, 11) is 1.53.